The van der Waals surface area contributed by atoms with Gasteiger partial charge < -0.3 is 19.5 Å². The summed E-state index contributed by atoms with van der Waals surface area (Å²) in [4.78, 5) is 12.0. The molecule has 25 heavy (non-hydrogen) atoms. The van der Waals surface area contributed by atoms with Gasteiger partial charge in [0.2, 0.25) is 0 Å². The molecular formula is C18H17N3O4. The number of hydrogen-bond donors (Lipinski definition) is 1. The predicted octanol–water partition coefficient (Wildman–Crippen LogP) is 2.49. The van der Waals surface area contributed by atoms with E-state index in [0.717, 1.165) is 11.3 Å². The molecule has 0 atom stereocenters. The average Bonchev–Trinajstić information content (AvgIpc) is 2.96. The molecule has 0 aromatic heterocycles. The lowest BCUT2D eigenvalue weighted by molar-refractivity contribution is -0.110. The Labute approximate surface area is 144 Å². The Bertz CT molecular complexity index is 875. The number of carbonyl (C=O) groups is 1. The molecule has 2 aromatic rings. The van der Waals surface area contributed by atoms with Gasteiger partial charge in [-0.3, -0.25) is 4.79 Å². The molecule has 3 rings (SSSR count). The van der Waals surface area contributed by atoms with Gasteiger partial charge in [-0.15, -0.1) is 5.10 Å². The third-order valence-corrected chi connectivity index (χ3v) is 3.74. The highest BCUT2D eigenvalue weighted by Crippen LogP contribution is 2.33. The first-order valence-corrected chi connectivity index (χ1v) is 7.49. The van der Waals surface area contributed by atoms with Crippen molar-refractivity contribution in [1.82, 2.24) is 0 Å². The Morgan fingerprint density at radius 3 is 2.36 bits per heavy atom. The molecule has 7 nitrogen and oxygen atoms in total. The fourth-order valence-corrected chi connectivity index (χ4v) is 2.50. The smallest absolute Gasteiger partial charge is 0.276 e. The Kier molecular flexibility index (Phi) is 4.65. The van der Waals surface area contributed by atoms with Crippen LogP contribution in [0, 0.1) is 0 Å². The van der Waals surface area contributed by atoms with Crippen molar-refractivity contribution in [2.45, 2.75) is 0 Å². The molecule has 7 heteroatoms. The number of nitrogens with one attached hydrogen (secondary N) is 1. The second kappa shape index (κ2) is 7.04. The van der Waals surface area contributed by atoms with E-state index >= 15 is 0 Å². The molecule has 1 aliphatic heterocycles. The summed E-state index contributed by atoms with van der Waals surface area (Å²) in [7, 11) is 4.64. The maximum Gasteiger partial charge on any atom is 0.276 e. The number of rotatable bonds is 5. The fourth-order valence-electron chi connectivity index (χ4n) is 2.50. The van der Waals surface area contributed by atoms with Gasteiger partial charge in [-0.1, -0.05) is 18.2 Å². The highest BCUT2D eigenvalue weighted by atomic mass is 16.5. The Morgan fingerprint density at radius 2 is 1.64 bits per heavy atom. The summed E-state index contributed by atoms with van der Waals surface area (Å²) in [6, 6.07) is 10.7. The molecule has 0 bridgehead atoms. The van der Waals surface area contributed by atoms with E-state index in [2.05, 4.69) is 15.5 Å². The van der Waals surface area contributed by atoms with Gasteiger partial charge in [0.05, 0.1) is 33.2 Å². The largest absolute Gasteiger partial charge is 0.496 e. The summed E-state index contributed by atoms with van der Waals surface area (Å²) in [5.74, 6) is 1.36. The number of carbonyl (C=O) groups excluding carboxylic acids is 1. The van der Waals surface area contributed by atoms with Gasteiger partial charge in [0.1, 0.15) is 5.75 Å². The van der Waals surface area contributed by atoms with Crippen LogP contribution >= 0.6 is 0 Å². The molecule has 0 saturated carbocycles. The summed E-state index contributed by atoms with van der Waals surface area (Å²) < 4.78 is 15.9. The van der Waals surface area contributed by atoms with E-state index in [4.69, 9.17) is 14.2 Å². The summed E-state index contributed by atoms with van der Waals surface area (Å²) in [5.41, 5.74) is 2.37. The van der Waals surface area contributed by atoms with Crippen LogP contribution in [-0.2, 0) is 4.79 Å². The second-order valence-electron chi connectivity index (χ2n) is 5.14. The zero-order valence-electron chi connectivity index (χ0n) is 14.1. The van der Waals surface area contributed by atoms with Crippen molar-refractivity contribution in [2.24, 2.45) is 10.2 Å². The Balaban J connectivity index is 1.94. The van der Waals surface area contributed by atoms with Gasteiger partial charge in [0, 0.05) is 17.2 Å². The molecule has 1 aliphatic rings. The summed E-state index contributed by atoms with van der Waals surface area (Å²) >= 11 is 0. The van der Waals surface area contributed by atoms with Crippen LogP contribution < -0.4 is 19.5 Å². The van der Waals surface area contributed by atoms with Crippen LogP contribution in [0.15, 0.2) is 46.6 Å². The summed E-state index contributed by atoms with van der Waals surface area (Å²) in [5, 5.41) is 10.8. The van der Waals surface area contributed by atoms with Crippen molar-refractivity contribution < 1.29 is 19.0 Å². The third kappa shape index (κ3) is 3.16. The first kappa shape index (κ1) is 16.5. The van der Waals surface area contributed by atoms with Crippen LogP contribution in [0.5, 0.6) is 17.2 Å². The van der Waals surface area contributed by atoms with Gasteiger partial charge in [0.15, 0.2) is 17.2 Å². The van der Waals surface area contributed by atoms with E-state index in [9.17, 15) is 4.79 Å². The molecule has 128 valence electrons. The molecule has 1 N–H and O–H groups in total. The SMILES string of the molecule is COc1cc(OC)c(OC)cc1/C=N\N=C1\C(=O)Nc2ccccc21. The quantitative estimate of drug-likeness (QED) is 0.670. The molecular weight excluding hydrogens is 322 g/mol. The summed E-state index contributed by atoms with van der Waals surface area (Å²) in [6.07, 6.45) is 1.50. The lowest BCUT2D eigenvalue weighted by Crippen LogP contribution is -2.13. The highest BCUT2D eigenvalue weighted by molar-refractivity contribution is 6.53. The van der Waals surface area contributed by atoms with Gasteiger partial charge in [-0.05, 0) is 12.1 Å². The molecule has 1 amide bonds. The average molecular weight is 339 g/mol. The number of ether oxygens (including phenoxy) is 3. The number of para-hydroxylation sites is 1. The molecule has 0 saturated heterocycles. The van der Waals surface area contributed by atoms with Gasteiger partial charge in [-0.2, -0.15) is 5.10 Å². The normalized spacial score (nSPS) is 14.5. The van der Waals surface area contributed by atoms with Crippen molar-refractivity contribution in [3.63, 3.8) is 0 Å². The molecule has 2 aromatic carbocycles. The first-order chi connectivity index (χ1) is 12.2. The highest BCUT2D eigenvalue weighted by Gasteiger charge is 2.25. The minimum atomic E-state index is -0.280. The van der Waals surface area contributed by atoms with E-state index in [1.54, 1.807) is 33.5 Å². The van der Waals surface area contributed by atoms with Gasteiger partial charge in [-0.25, -0.2) is 0 Å². The van der Waals surface area contributed by atoms with Crippen LogP contribution in [0.3, 0.4) is 0 Å². The van der Waals surface area contributed by atoms with E-state index < -0.39 is 0 Å². The fraction of sp³-hybridized carbons (Fsp3) is 0.167. The molecule has 0 aliphatic carbocycles. The number of nitrogens with zero attached hydrogens (tertiary/aromatic N) is 2. The third-order valence-electron chi connectivity index (χ3n) is 3.74. The number of anilines is 1. The van der Waals surface area contributed by atoms with Crippen molar-refractivity contribution in [2.75, 3.05) is 26.6 Å². The van der Waals surface area contributed by atoms with E-state index in [1.807, 2.05) is 24.3 Å². The molecule has 0 fully saturated rings. The maximum absolute atomic E-state index is 12.0. The number of fused-ring (bicyclic) bond motifs is 1. The van der Waals surface area contributed by atoms with Crippen LogP contribution in [0.25, 0.3) is 0 Å². The first-order valence-electron chi connectivity index (χ1n) is 7.49. The zero-order chi connectivity index (χ0) is 17.8. The van der Waals surface area contributed by atoms with Crippen LogP contribution in [0.4, 0.5) is 5.69 Å². The van der Waals surface area contributed by atoms with E-state index in [0.29, 0.717) is 22.8 Å². The Morgan fingerprint density at radius 1 is 0.960 bits per heavy atom. The lowest BCUT2D eigenvalue weighted by atomic mass is 10.1. The van der Waals surface area contributed by atoms with Crippen molar-refractivity contribution in [1.29, 1.82) is 0 Å². The minimum Gasteiger partial charge on any atom is -0.496 e. The lowest BCUT2D eigenvalue weighted by Gasteiger charge is -2.11. The summed E-state index contributed by atoms with van der Waals surface area (Å²) in [6.45, 7) is 0. The molecule has 0 unspecified atom stereocenters. The van der Waals surface area contributed by atoms with Crippen LogP contribution in [0.1, 0.15) is 11.1 Å². The second-order valence-corrected chi connectivity index (χ2v) is 5.14. The molecule has 1 heterocycles. The van der Waals surface area contributed by atoms with E-state index in [-0.39, 0.29) is 11.6 Å². The van der Waals surface area contributed by atoms with Crippen molar-refractivity contribution in [3.8, 4) is 17.2 Å². The standard InChI is InChI=1S/C18H17N3O4/c1-23-14-9-16(25-3)15(24-2)8-11(14)10-19-21-17-12-6-4-5-7-13(12)20-18(17)22/h4-10H,1-3H3,(H,20,21,22)/b19-10-. The molecule has 0 radical (unpaired) electrons. The Hall–Kier alpha value is -3.35. The molecule has 0 spiro atoms. The van der Waals surface area contributed by atoms with Gasteiger partial charge >= 0.3 is 0 Å². The number of benzene rings is 2. The van der Waals surface area contributed by atoms with E-state index in [1.165, 1.54) is 6.21 Å². The predicted molar refractivity (Wildman–Crippen MR) is 95.3 cm³/mol. The van der Waals surface area contributed by atoms with Crippen molar-refractivity contribution >= 4 is 23.5 Å². The maximum atomic E-state index is 12.0. The zero-order valence-corrected chi connectivity index (χ0v) is 14.1. The number of hydrogen-bond acceptors (Lipinski definition) is 6. The van der Waals surface area contributed by atoms with Gasteiger partial charge in [0.25, 0.3) is 5.91 Å². The van der Waals surface area contributed by atoms with Crippen molar-refractivity contribution in [3.05, 3.63) is 47.5 Å². The monoisotopic (exact) mass is 339 g/mol. The minimum absolute atomic E-state index is 0.270. The number of methoxy groups -OCH3 is 3. The van der Waals surface area contributed by atoms with Crippen LogP contribution in [-0.4, -0.2) is 39.2 Å². The van der Waals surface area contributed by atoms with Crippen LogP contribution in [0.2, 0.25) is 0 Å². The number of amides is 1. The topological polar surface area (TPSA) is 81.5 Å².